The van der Waals surface area contributed by atoms with Gasteiger partial charge in [0.2, 0.25) is 0 Å². The third-order valence-electron chi connectivity index (χ3n) is 1.85. The Balaban J connectivity index is 2.58. The van der Waals surface area contributed by atoms with Gasteiger partial charge in [-0.25, -0.2) is 0 Å². The first-order valence-corrected chi connectivity index (χ1v) is 3.56. The largest absolute Gasteiger partial charge is 0.389 e. The summed E-state index contributed by atoms with van der Waals surface area (Å²) in [5.74, 6) is 0. The number of nitrogens with one attached hydrogen (secondary N) is 1. The molecule has 11 heavy (non-hydrogen) atoms. The van der Waals surface area contributed by atoms with E-state index in [1.165, 1.54) is 0 Å². The lowest BCUT2D eigenvalue weighted by Crippen LogP contribution is -2.43. The van der Waals surface area contributed by atoms with Crippen molar-refractivity contribution in [2.75, 3.05) is 13.1 Å². The summed E-state index contributed by atoms with van der Waals surface area (Å²) in [7, 11) is 0. The quantitative estimate of drug-likeness (QED) is 0.263. The van der Waals surface area contributed by atoms with Gasteiger partial charge in [0, 0.05) is 13.1 Å². The topological polar surface area (TPSA) is 93.0 Å². The second-order valence-corrected chi connectivity index (χ2v) is 2.77. The average Bonchev–Trinajstić information content (AvgIpc) is 2.07. The first-order valence-electron chi connectivity index (χ1n) is 3.56. The van der Waals surface area contributed by atoms with E-state index in [1.807, 2.05) is 0 Å². The molecule has 1 aliphatic heterocycles. The number of rotatable bonds is 0. The first kappa shape index (κ1) is 8.89. The summed E-state index contributed by atoms with van der Waals surface area (Å²) in [6.45, 7) is 0.380. The second-order valence-electron chi connectivity index (χ2n) is 2.77. The predicted octanol–water partition coefficient (Wildman–Crippen LogP) is -2.97. The van der Waals surface area contributed by atoms with E-state index >= 15 is 0 Å². The minimum absolute atomic E-state index is 0.190. The van der Waals surface area contributed by atoms with Crippen LogP contribution in [0.15, 0.2) is 0 Å². The summed E-state index contributed by atoms with van der Waals surface area (Å²) >= 11 is 0. The van der Waals surface area contributed by atoms with E-state index in [2.05, 4.69) is 5.32 Å². The molecule has 0 aliphatic carbocycles. The van der Waals surface area contributed by atoms with Crippen LogP contribution in [0.4, 0.5) is 0 Å². The number of β-amino-alcohol motifs (C(OH)–C–C–N with tert-alkyl or cyclic N) is 2. The maximum atomic E-state index is 9.10. The zero-order valence-corrected chi connectivity index (χ0v) is 6.01. The Labute approximate surface area is 64.3 Å². The molecule has 0 amide bonds. The summed E-state index contributed by atoms with van der Waals surface area (Å²) in [5.41, 5.74) is 0. The van der Waals surface area contributed by atoms with Gasteiger partial charge in [-0.15, -0.1) is 0 Å². The van der Waals surface area contributed by atoms with E-state index in [4.69, 9.17) is 20.4 Å². The van der Waals surface area contributed by atoms with Crippen LogP contribution >= 0.6 is 0 Å². The fourth-order valence-corrected chi connectivity index (χ4v) is 1.08. The Morgan fingerprint density at radius 3 is 1.55 bits per heavy atom. The lowest BCUT2D eigenvalue weighted by molar-refractivity contribution is -0.0894. The molecule has 5 nitrogen and oxygen atoms in total. The predicted molar refractivity (Wildman–Crippen MR) is 36.9 cm³/mol. The molecule has 0 spiro atoms. The lowest BCUT2D eigenvalue weighted by Gasteiger charge is -2.21. The molecular formula is C6H13NO4. The molecule has 0 radical (unpaired) electrons. The van der Waals surface area contributed by atoms with E-state index in [1.54, 1.807) is 0 Å². The van der Waals surface area contributed by atoms with Crippen LogP contribution in [-0.2, 0) is 0 Å². The van der Waals surface area contributed by atoms with Crippen molar-refractivity contribution >= 4 is 0 Å². The molecule has 1 saturated heterocycles. The average molecular weight is 163 g/mol. The molecule has 66 valence electrons. The zero-order chi connectivity index (χ0) is 8.43. The van der Waals surface area contributed by atoms with Crippen molar-refractivity contribution in [3.8, 4) is 0 Å². The Morgan fingerprint density at radius 1 is 0.818 bits per heavy atom. The highest BCUT2D eigenvalue weighted by atomic mass is 16.4. The van der Waals surface area contributed by atoms with Gasteiger partial charge in [-0.2, -0.15) is 0 Å². The molecule has 0 bridgehead atoms. The van der Waals surface area contributed by atoms with Crippen LogP contribution in [-0.4, -0.2) is 57.9 Å². The van der Waals surface area contributed by atoms with Gasteiger partial charge >= 0.3 is 0 Å². The van der Waals surface area contributed by atoms with Crippen LogP contribution in [0, 0.1) is 0 Å². The minimum Gasteiger partial charge on any atom is -0.389 e. The molecule has 1 aliphatic rings. The summed E-state index contributed by atoms with van der Waals surface area (Å²) in [5, 5.41) is 39.0. The maximum Gasteiger partial charge on any atom is 0.110 e. The van der Waals surface area contributed by atoms with Gasteiger partial charge in [-0.05, 0) is 0 Å². The van der Waals surface area contributed by atoms with Crippen LogP contribution in [0.1, 0.15) is 0 Å². The molecule has 0 unspecified atom stereocenters. The molecule has 0 aromatic heterocycles. The number of hydrogen-bond acceptors (Lipinski definition) is 5. The Morgan fingerprint density at radius 2 is 1.18 bits per heavy atom. The standard InChI is InChI=1S/C6H13NO4/c8-3-1-7-2-4(9)6(11)5(3)10/h3-11H,1-2H2/t3-,4+,5+,6-. The van der Waals surface area contributed by atoms with Crippen LogP contribution in [0.2, 0.25) is 0 Å². The van der Waals surface area contributed by atoms with Gasteiger partial charge in [0.15, 0.2) is 0 Å². The number of hydrogen-bond donors (Lipinski definition) is 5. The zero-order valence-electron chi connectivity index (χ0n) is 6.01. The van der Waals surface area contributed by atoms with Gasteiger partial charge in [0.05, 0.1) is 12.2 Å². The molecule has 0 saturated carbocycles. The third kappa shape index (κ3) is 1.88. The monoisotopic (exact) mass is 163 g/mol. The third-order valence-corrected chi connectivity index (χ3v) is 1.85. The molecule has 0 aromatic rings. The van der Waals surface area contributed by atoms with E-state index in [0.29, 0.717) is 0 Å². The van der Waals surface area contributed by atoms with Gasteiger partial charge in [-0.3, -0.25) is 0 Å². The van der Waals surface area contributed by atoms with E-state index in [0.717, 1.165) is 0 Å². The van der Waals surface area contributed by atoms with Crippen LogP contribution in [0.25, 0.3) is 0 Å². The minimum atomic E-state index is -1.26. The molecule has 1 rings (SSSR count). The highest BCUT2D eigenvalue weighted by Crippen LogP contribution is 2.07. The molecular weight excluding hydrogens is 150 g/mol. The Kier molecular flexibility index (Phi) is 2.80. The smallest absolute Gasteiger partial charge is 0.110 e. The highest BCUT2D eigenvalue weighted by Gasteiger charge is 2.32. The Hall–Kier alpha value is -0.200. The normalized spacial score (nSPS) is 46.9. The fraction of sp³-hybridized carbons (Fsp3) is 1.00. The fourth-order valence-electron chi connectivity index (χ4n) is 1.08. The highest BCUT2D eigenvalue weighted by molar-refractivity contribution is 4.86. The molecule has 1 fully saturated rings. The Bertz CT molecular complexity index is 118. The first-order chi connectivity index (χ1) is 5.13. The lowest BCUT2D eigenvalue weighted by atomic mass is 10.1. The van der Waals surface area contributed by atoms with Crippen LogP contribution in [0.5, 0.6) is 0 Å². The van der Waals surface area contributed by atoms with Crippen LogP contribution in [0.3, 0.4) is 0 Å². The van der Waals surface area contributed by atoms with Gasteiger partial charge in [0.1, 0.15) is 12.2 Å². The van der Waals surface area contributed by atoms with E-state index in [-0.39, 0.29) is 13.1 Å². The number of aliphatic hydroxyl groups is 4. The van der Waals surface area contributed by atoms with Crippen molar-refractivity contribution in [1.82, 2.24) is 5.32 Å². The maximum absolute atomic E-state index is 9.10. The van der Waals surface area contributed by atoms with Crippen LogP contribution < -0.4 is 5.32 Å². The summed E-state index contributed by atoms with van der Waals surface area (Å²) < 4.78 is 0. The van der Waals surface area contributed by atoms with E-state index in [9.17, 15) is 0 Å². The van der Waals surface area contributed by atoms with Gasteiger partial charge < -0.3 is 25.7 Å². The number of aliphatic hydroxyl groups excluding tert-OH is 4. The summed E-state index contributed by atoms with van der Waals surface area (Å²) in [4.78, 5) is 0. The van der Waals surface area contributed by atoms with Gasteiger partial charge in [0.25, 0.3) is 0 Å². The second kappa shape index (κ2) is 3.46. The molecule has 1 heterocycles. The van der Waals surface area contributed by atoms with Crippen molar-refractivity contribution < 1.29 is 20.4 Å². The van der Waals surface area contributed by atoms with Crippen molar-refractivity contribution in [1.29, 1.82) is 0 Å². The SMILES string of the molecule is O[C@@H]1[C@H](O)[C@@H](O)CNC[C@H]1O. The summed E-state index contributed by atoms with van der Waals surface area (Å²) in [6, 6.07) is 0. The van der Waals surface area contributed by atoms with Gasteiger partial charge in [-0.1, -0.05) is 0 Å². The molecule has 0 aromatic carbocycles. The molecule has 5 heteroatoms. The van der Waals surface area contributed by atoms with Crippen molar-refractivity contribution in [2.45, 2.75) is 24.4 Å². The van der Waals surface area contributed by atoms with Crippen molar-refractivity contribution in [3.63, 3.8) is 0 Å². The van der Waals surface area contributed by atoms with Crippen molar-refractivity contribution in [3.05, 3.63) is 0 Å². The molecule has 5 N–H and O–H groups in total. The van der Waals surface area contributed by atoms with E-state index < -0.39 is 24.4 Å². The molecule has 4 atom stereocenters. The van der Waals surface area contributed by atoms with Crippen molar-refractivity contribution in [2.24, 2.45) is 0 Å². The summed E-state index contributed by atoms with van der Waals surface area (Å²) in [6.07, 6.45) is -4.55.